The molecule has 0 unspecified atom stereocenters. The van der Waals surface area contributed by atoms with E-state index >= 15 is 0 Å². The number of carbonyl (C=O) groups is 2. The summed E-state index contributed by atoms with van der Waals surface area (Å²) in [6.07, 6.45) is 0.301. The Morgan fingerprint density at radius 3 is 2.62 bits per heavy atom. The van der Waals surface area contributed by atoms with Crippen LogP contribution in [0.5, 0.6) is 5.75 Å². The maximum Gasteiger partial charge on any atom is 0.306 e. The van der Waals surface area contributed by atoms with E-state index in [1.54, 1.807) is 26.0 Å². The van der Waals surface area contributed by atoms with Gasteiger partial charge in [-0.25, -0.2) is 0 Å². The first-order valence-corrected chi connectivity index (χ1v) is 8.99. The third-order valence-electron chi connectivity index (χ3n) is 4.49. The van der Waals surface area contributed by atoms with E-state index in [9.17, 15) is 14.4 Å². The van der Waals surface area contributed by atoms with Gasteiger partial charge in [-0.15, -0.1) is 0 Å². The number of hydrogen-bond acceptors (Lipinski definition) is 6. The fraction of sp³-hybridized carbons (Fsp3) is 0.333. The molecule has 1 aromatic heterocycles. The van der Waals surface area contributed by atoms with Gasteiger partial charge in [0.15, 0.2) is 6.61 Å². The number of esters is 1. The van der Waals surface area contributed by atoms with Gasteiger partial charge in [0.2, 0.25) is 0 Å². The molecule has 8 nitrogen and oxygen atoms in total. The zero-order valence-corrected chi connectivity index (χ0v) is 16.8. The van der Waals surface area contributed by atoms with Crippen molar-refractivity contribution in [1.82, 2.24) is 4.98 Å². The standard InChI is InChI=1S/C21H23N3O5/c1-12-5-7-18(28-4)17(9-12)24-19(25)11-29-20(26)8-6-15-13(2)16(10-22)21(27)23-14(15)3/h5,7,9H,6,8,11H2,1-4H3,(H,23,27)(H,24,25). The summed E-state index contributed by atoms with van der Waals surface area (Å²) in [6, 6.07) is 7.22. The Kier molecular flexibility index (Phi) is 7.15. The number of amides is 1. The van der Waals surface area contributed by atoms with E-state index in [2.05, 4.69) is 10.3 Å². The number of pyridine rings is 1. The summed E-state index contributed by atoms with van der Waals surface area (Å²) in [7, 11) is 1.50. The number of anilines is 1. The minimum absolute atomic E-state index is 0.0135. The van der Waals surface area contributed by atoms with E-state index in [-0.39, 0.29) is 18.4 Å². The second-order valence-electron chi connectivity index (χ2n) is 6.58. The minimum atomic E-state index is -0.556. The van der Waals surface area contributed by atoms with Crippen molar-refractivity contribution in [3.05, 3.63) is 56.5 Å². The zero-order valence-electron chi connectivity index (χ0n) is 16.8. The smallest absolute Gasteiger partial charge is 0.306 e. The quantitative estimate of drug-likeness (QED) is 0.692. The lowest BCUT2D eigenvalue weighted by atomic mass is 9.99. The summed E-state index contributed by atoms with van der Waals surface area (Å²) in [6.45, 7) is 4.83. The van der Waals surface area contributed by atoms with Crippen molar-refractivity contribution in [3.8, 4) is 11.8 Å². The first kappa shape index (κ1) is 21.7. The van der Waals surface area contributed by atoms with Crippen molar-refractivity contribution in [1.29, 1.82) is 5.26 Å². The number of rotatable bonds is 7. The minimum Gasteiger partial charge on any atom is -0.495 e. The van der Waals surface area contributed by atoms with Crippen molar-refractivity contribution in [2.45, 2.75) is 33.6 Å². The molecular formula is C21H23N3O5. The van der Waals surface area contributed by atoms with Crippen LogP contribution in [0.3, 0.4) is 0 Å². The molecule has 0 saturated carbocycles. The van der Waals surface area contributed by atoms with Crippen molar-refractivity contribution >= 4 is 17.6 Å². The van der Waals surface area contributed by atoms with Crippen molar-refractivity contribution < 1.29 is 19.1 Å². The molecule has 0 aliphatic rings. The van der Waals surface area contributed by atoms with Crippen LogP contribution >= 0.6 is 0 Å². The van der Waals surface area contributed by atoms with E-state index in [1.165, 1.54) is 7.11 Å². The Balaban J connectivity index is 1.93. The number of methoxy groups -OCH3 is 1. The summed E-state index contributed by atoms with van der Waals surface area (Å²) >= 11 is 0. The number of aryl methyl sites for hydroxylation is 2. The van der Waals surface area contributed by atoms with Crippen LogP contribution in [0.15, 0.2) is 23.0 Å². The normalized spacial score (nSPS) is 10.2. The molecule has 0 fully saturated rings. The number of nitrogens with zero attached hydrogens (tertiary/aromatic N) is 1. The van der Waals surface area contributed by atoms with Crippen LogP contribution in [0, 0.1) is 32.1 Å². The molecule has 1 amide bonds. The Morgan fingerprint density at radius 2 is 1.97 bits per heavy atom. The first-order chi connectivity index (χ1) is 13.8. The van der Waals surface area contributed by atoms with Gasteiger partial charge in [0.25, 0.3) is 11.5 Å². The lowest BCUT2D eigenvalue weighted by Gasteiger charge is -2.12. The van der Waals surface area contributed by atoms with E-state index in [0.29, 0.717) is 28.3 Å². The molecule has 0 bridgehead atoms. The molecule has 0 atom stereocenters. The Labute approximate surface area is 168 Å². The highest BCUT2D eigenvalue weighted by atomic mass is 16.5. The third-order valence-corrected chi connectivity index (χ3v) is 4.49. The predicted molar refractivity (Wildman–Crippen MR) is 107 cm³/mol. The summed E-state index contributed by atoms with van der Waals surface area (Å²) in [5.41, 5.74) is 2.89. The van der Waals surface area contributed by atoms with Gasteiger partial charge in [0.1, 0.15) is 17.4 Å². The molecular weight excluding hydrogens is 374 g/mol. The number of carbonyl (C=O) groups excluding carboxylic acids is 2. The van der Waals surface area contributed by atoms with Gasteiger partial charge < -0.3 is 19.8 Å². The average Bonchev–Trinajstić information content (AvgIpc) is 2.66. The Morgan fingerprint density at radius 1 is 1.24 bits per heavy atom. The van der Waals surface area contributed by atoms with Crippen molar-refractivity contribution in [2.24, 2.45) is 0 Å². The number of benzene rings is 1. The zero-order chi connectivity index (χ0) is 21.6. The number of nitrogens with one attached hydrogen (secondary N) is 2. The van der Waals surface area contributed by atoms with Crippen LogP contribution in [0.4, 0.5) is 5.69 Å². The molecule has 0 radical (unpaired) electrons. The lowest BCUT2D eigenvalue weighted by molar-refractivity contribution is -0.147. The average molecular weight is 397 g/mol. The number of H-pyrrole nitrogens is 1. The summed E-state index contributed by atoms with van der Waals surface area (Å²) < 4.78 is 10.2. The topological polar surface area (TPSA) is 121 Å². The molecule has 2 aromatic rings. The maximum absolute atomic E-state index is 12.1. The number of aromatic nitrogens is 1. The lowest BCUT2D eigenvalue weighted by Crippen LogP contribution is -2.22. The van der Waals surface area contributed by atoms with Crippen LogP contribution in [0.1, 0.15) is 34.4 Å². The molecule has 8 heteroatoms. The largest absolute Gasteiger partial charge is 0.495 e. The van der Waals surface area contributed by atoms with E-state index in [4.69, 9.17) is 14.7 Å². The molecule has 0 aliphatic carbocycles. The molecule has 1 aromatic carbocycles. The van der Waals surface area contributed by atoms with Crippen molar-refractivity contribution in [3.63, 3.8) is 0 Å². The van der Waals surface area contributed by atoms with Gasteiger partial charge in [0, 0.05) is 12.1 Å². The highest BCUT2D eigenvalue weighted by Crippen LogP contribution is 2.25. The molecule has 152 valence electrons. The third kappa shape index (κ3) is 5.45. The van der Waals surface area contributed by atoms with Crippen molar-refractivity contribution in [2.75, 3.05) is 19.0 Å². The van der Waals surface area contributed by atoms with Gasteiger partial charge in [-0.3, -0.25) is 14.4 Å². The molecule has 0 saturated heterocycles. The highest BCUT2D eigenvalue weighted by molar-refractivity contribution is 5.94. The van der Waals surface area contributed by atoms with Gasteiger partial charge in [-0.1, -0.05) is 6.07 Å². The van der Waals surface area contributed by atoms with E-state index in [1.807, 2.05) is 19.1 Å². The number of nitriles is 1. The van der Waals surface area contributed by atoms with Crippen LogP contribution in [0.2, 0.25) is 0 Å². The second kappa shape index (κ2) is 9.55. The maximum atomic E-state index is 12.1. The molecule has 2 rings (SSSR count). The number of ether oxygens (including phenoxy) is 2. The Bertz CT molecular complexity index is 1030. The van der Waals surface area contributed by atoms with E-state index in [0.717, 1.165) is 5.56 Å². The van der Waals surface area contributed by atoms with Gasteiger partial charge >= 0.3 is 5.97 Å². The summed E-state index contributed by atoms with van der Waals surface area (Å²) in [4.78, 5) is 38.5. The van der Waals surface area contributed by atoms with Crippen LogP contribution < -0.4 is 15.6 Å². The molecule has 29 heavy (non-hydrogen) atoms. The molecule has 1 heterocycles. The van der Waals surface area contributed by atoms with Gasteiger partial charge in [0.05, 0.1) is 12.8 Å². The van der Waals surface area contributed by atoms with Gasteiger partial charge in [-0.2, -0.15) is 5.26 Å². The van der Waals surface area contributed by atoms with Crippen LogP contribution in [0.25, 0.3) is 0 Å². The predicted octanol–water partition coefficient (Wildman–Crippen LogP) is 2.29. The fourth-order valence-corrected chi connectivity index (χ4v) is 2.97. The highest BCUT2D eigenvalue weighted by Gasteiger charge is 2.15. The van der Waals surface area contributed by atoms with Crippen LogP contribution in [-0.4, -0.2) is 30.6 Å². The Hall–Kier alpha value is -3.60. The monoisotopic (exact) mass is 397 g/mol. The van der Waals surface area contributed by atoms with Gasteiger partial charge in [-0.05, 0) is 56.0 Å². The summed E-state index contributed by atoms with van der Waals surface area (Å²) in [5.74, 6) is -0.530. The number of aromatic amines is 1. The first-order valence-electron chi connectivity index (χ1n) is 8.99. The molecule has 2 N–H and O–H groups in total. The fourth-order valence-electron chi connectivity index (χ4n) is 2.97. The van der Waals surface area contributed by atoms with E-state index < -0.39 is 24.0 Å². The molecule has 0 aliphatic heterocycles. The summed E-state index contributed by atoms with van der Waals surface area (Å²) in [5, 5.41) is 11.8. The number of hydrogen-bond donors (Lipinski definition) is 2. The SMILES string of the molecule is COc1ccc(C)cc1NC(=O)COC(=O)CCc1c(C)[nH]c(=O)c(C#N)c1C. The second-order valence-corrected chi connectivity index (χ2v) is 6.58. The van der Waals surface area contributed by atoms with Crippen LogP contribution in [-0.2, 0) is 20.7 Å². The molecule has 0 spiro atoms.